The van der Waals surface area contributed by atoms with Crippen molar-refractivity contribution in [2.24, 2.45) is 0 Å². The van der Waals surface area contributed by atoms with E-state index in [9.17, 15) is 4.39 Å². The number of pyridine rings is 1. The van der Waals surface area contributed by atoms with Gasteiger partial charge in [-0.3, -0.25) is 0 Å². The summed E-state index contributed by atoms with van der Waals surface area (Å²) in [6.45, 7) is 0.205. The molecule has 0 aliphatic rings. The highest BCUT2D eigenvalue weighted by atomic mass is 35.5. The molecule has 0 fully saturated rings. The fraction of sp³-hybridized carbons (Fsp3) is 0.154. The molecular weight excluding hydrogens is 276 g/mol. The second kappa shape index (κ2) is 6.03. The van der Waals surface area contributed by atoms with Crippen molar-refractivity contribution < 1.29 is 9.13 Å². The lowest BCUT2D eigenvalue weighted by Crippen LogP contribution is -2.01. The van der Waals surface area contributed by atoms with Crippen LogP contribution in [0.1, 0.15) is 11.1 Å². The van der Waals surface area contributed by atoms with Crippen molar-refractivity contribution >= 4 is 23.2 Å². The number of rotatable bonds is 4. The van der Waals surface area contributed by atoms with Gasteiger partial charge in [0.25, 0.3) is 5.88 Å². The number of halogens is 3. The van der Waals surface area contributed by atoms with Gasteiger partial charge >= 0.3 is 0 Å². The monoisotopic (exact) mass is 285 g/mol. The summed E-state index contributed by atoms with van der Waals surface area (Å²) in [7, 11) is 0. The van der Waals surface area contributed by atoms with Crippen molar-refractivity contribution in [1.82, 2.24) is 4.98 Å². The van der Waals surface area contributed by atoms with Crippen molar-refractivity contribution in [1.29, 1.82) is 0 Å². The van der Waals surface area contributed by atoms with E-state index in [1.54, 1.807) is 18.2 Å². The van der Waals surface area contributed by atoms with Crippen molar-refractivity contribution in [3.8, 4) is 5.88 Å². The predicted molar refractivity (Wildman–Crippen MR) is 69.5 cm³/mol. The maximum atomic E-state index is 13.8. The van der Waals surface area contributed by atoms with E-state index in [1.165, 1.54) is 12.3 Å². The smallest absolute Gasteiger partial charge is 0.251 e. The van der Waals surface area contributed by atoms with E-state index >= 15 is 0 Å². The molecule has 0 radical (unpaired) electrons. The third kappa shape index (κ3) is 3.12. The molecule has 0 saturated heterocycles. The lowest BCUT2D eigenvalue weighted by Gasteiger charge is -2.08. The Hall–Kier alpha value is -1.32. The van der Waals surface area contributed by atoms with Crippen LogP contribution in [0.5, 0.6) is 5.88 Å². The van der Waals surface area contributed by atoms with Gasteiger partial charge in [-0.2, -0.15) is 0 Å². The lowest BCUT2D eigenvalue weighted by atomic mass is 10.2. The topological polar surface area (TPSA) is 22.1 Å². The average molecular weight is 286 g/mol. The van der Waals surface area contributed by atoms with Gasteiger partial charge in [-0.15, -0.1) is 11.6 Å². The van der Waals surface area contributed by atoms with Crippen LogP contribution in [0.4, 0.5) is 4.39 Å². The summed E-state index contributed by atoms with van der Waals surface area (Å²) in [4.78, 5) is 3.84. The van der Waals surface area contributed by atoms with Crippen LogP contribution in [-0.2, 0) is 12.5 Å². The molecular formula is C13H10Cl2FNO. The SMILES string of the molecule is Fc1c(CCl)ccnc1OCc1cccc(Cl)c1. The van der Waals surface area contributed by atoms with Crippen molar-refractivity contribution in [3.63, 3.8) is 0 Å². The number of ether oxygens (including phenoxy) is 1. The minimum absolute atomic E-state index is 0.0480. The van der Waals surface area contributed by atoms with E-state index in [-0.39, 0.29) is 18.4 Å². The number of alkyl halides is 1. The van der Waals surface area contributed by atoms with Gasteiger partial charge < -0.3 is 4.74 Å². The molecule has 0 spiro atoms. The summed E-state index contributed by atoms with van der Waals surface area (Å²) >= 11 is 11.4. The molecule has 0 saturated carbocycles. The molecule has 0 amide bonds. The minimum atomic E-state index is -0.519. The molecule has 0 unspecified atom stereocenters. The van der Waals surface area contributed by atoms with Crippen LogP contribution in [0.3, 0.4) is 0 Å². The zero-order chi connectivity index (χ0) is 13.0. The summed E-state index contributed by atoms with van der Waals surface area (Å²) in [5.74, 6) is -0.482. The Bertz CT molecular complexity index is 548. The van der Waals surface area contributed by atoms with Gasteiger partial charge in [-0.1, -0.05) is 23.7 Å². The van der Waals surface area contributed by atoms with Crippen LogP contribution in [0.2, 0.25) is 5.02 Å². The quantitative estimate of drug-likeness (QED) is 0.786. The molecule has 94 valence electrons. The fourth-order valence-corrected chi connectivity index (χ4v) is 1.86. The van der Waals surface area contributed by atoms with E-state index in [1.807, 2.05) is 6.07 Å². The summed E-state index contributed by atoms with van der Waals surface area (Å²) in [6.07, 6.45) is 1.47. The van der Waals surface area contributed by atoms with E-state index in [0.29, 0.717) is 10.6 Å². The first-order chi connectivity index (χ1) is 8.70. The van der Waals surface area contributed by atoms with Gasteiger partial charge in [0.15, 0.2) is 5.82 Å². The molecule has 0 bridgehead atoms. The van der Waals surface area contributed by atoms with Crippen molar-refractivity contribution in [3.05, 3.63) is 58.5 Å². The maximum Gasteiger partial charge on any atom is 0.251 e. The van der Waals surface area contributed by atoms with E-state index in [2.05, 4.69) is 4.98 Å². The molecule has 0 aliphatic carbocycles. The first-order valence-corrected chi connectivity index (χ1v) is 6.18. The summed E-state index contributed by atoms with van der Waals surface area (Å²) < 4.78 is 19.1. The van der Waals surface area contributed by atoms with Crippen LogP contribution < -0.4 is 4.74 Å². The highest BCUT2D eigenvalue weighted by Gasteiger charge is 2.10. The van der Waals surface area contributed by atoms with Crippen LogP contribution in [-0.4, -0.2) is 4.98 Å². The summed E-state index contributed by atoms with van der Waals surface area (Å²) in [5.41, 5.74) is 1.22. The third-order valence-electron chi connectivity index (χ3n) is 2.35. The molecule has 1 heterocycles. The number of hydrogen-bond donors (Lipinski definition) is 0. The number of benzene rings is 1. The van der Waals surface area contributed by atoms with E-state index in [0.717, 1.165) is 5.56 Å². The van der Waals surface area contributed by atoms with Crippen LogP contribution in [0.25, 0.3) is 0 Å². The first kappa shape index (κ1) is 13.1. The first-order valence-electron chi connectivity index (χ1n) is 5.27. The van der Waals surface area contributed by atoms with Crippen LogP contribution in [0, 0.1) is 5.82 Å². The van der Waals surface area contributed by atoms with Crippen LogP contribution >= 0.6 is 23.2 Å². The maximum absolute atomic E-state index is 13.8. The van der Waals surface area contributed by atoms with Gasteiger partial charge in [-0.05, 0) is 23.8 Å². The number of aromatic nitrogens is 1. The zero-order valence-corrected chi connectivity index (χ0v) is 10.9. The van der Waals surface area contributed by atoms with E-state index < -0.39 is 5.82 Å². The standard InChI is InChI=1S/C13H10Cl2FNO/c14-7-10-4-5-17-13(12(10)16)18-8-9-2-1-3-11(15)6-9/h1-6H,7-8H2. The largest absolute Gasteiger partial charge is 0.471 e. The molecule has 0 N–H and O–H groups in total. The Labute approximate surface area is 114 Å². The molecule has 0 aliphatic heterocycles. The molecule has 5 heteroatoms. The fourth-order valence-electron chi connectivity index (χ4n) is 1.44. The van der Waals surface area contributed by atoms with Crippen molar-refractivity contribution in [2.45, 2.75) is 12.5 Å². The zero-order valence-electron chi connectivity index (χ0n) is 9.37. The summed E-state index contributed by atoms with van der Waals surface area (Å²) in [6, 6.07) is 8.69. The third-order valence-corrected chi connectivity index (χ3v) is 2.87. The Morgan fingerprint density at radius 2 is 2.11 bits per heavy atom. The van der Waals surface area contributed by atoms with Gasteiger partial charge in [-0.25, -0.2) is 9.37 Å². The second-order valence-electron chi connectivity index (χ2n) is 3.64. The highest BCUT2D eigenvalue weighted by Crippen LogP contribution is 2.20. The van der Waals surface area contributed by atoms with Gasteiger partial charge in [0.1, 0.15) is 6.61 Å². The highest BCUT2D eigenvalue weighted by molar-refractivity contribution is 6.30. The van der Waals surface area contributed by atoms with Gasteiger partial charge in [0, 0.05) is 16.8 Å². The molecule has 18 heavy (non-hydrogen) atoms. The minimum Gasteiger partial charge on any atom is -0.471 e. The van der Waals surface area contributed by atoms with E-state index in [4.69, 9.17) is 27.9 Å². The Kier molecular flexibility index (Phi) is 4.39. The van der Waals surface area contributed by atoms with Gasteiger partial charge in [0.05, 0.1) is 5.88 Å². The molecule has 2 aromatic rings. The second-order valence-corrected chi connectivity index (χ2v) is 4.35. The van der Waals surface area contributed by atoms with Gasteiger partial charge in [0.2, 0.25) is 0 Å². The molecule has 1 aromatic heterocycles. The Balaban J connectivity index is 2.11. The molecule has 2 nitrogen and oxygen atoms in total. The number of nitrogens with zero attached hydrogens (tertiary/aromatic N) is 1. The molecule has 2 rings (SSSR count). The predicted octanol–water partition coefficient (Wildman–Crippen LogP) is 4.19. The molecule has 0 atom stereocenters. The Morgan fingerprint density at radius 1 is 1.28 bits per heavy atom. The van der Waals surface area contributed by atoms with Crippen LogP contribution in [0.15, 0.2) is 36.5 Å². The average Bonchev–Trinajstić information content (AvgIpc) is 2.38. The molecule has 1 aromatic carbocycles. The normalized spacial score (nSPS) is 10.4. The van der Waals surface area contributed by atoms with Crippen molar-refractivity contribution in [2.75, 3.05) is 0 Å². The number of hydrogen-bond acceptors (Lipinski definition) is 2. The summed E-state index contributed by atoms with van der Waals surface area (Å²) in [5, 5.41) is 0.610. The lowest BCUT2D eigenvalue weighted by molar-refractivity contribution is 0.276. The Morgan fingerprint density at radius 3 is 2.83 bits per heavy atom.